The van der Waals surface area contributed by atoms with Crippen LogP contribution in [0, 0.1) is 5.82 Å². The lowest BCUT2D eigenvalue weighted by Gasteiger charge is -2.07. The van der Waals surface area contributed by atoms with E-state index in [-0.39, 0.29) is 23.3 Å². The summed E-state index contributed by atoms with van der Waals surface area (Å²) in [6.07, 6.45) is 0.655. The van der Waals surface area contributed by atoms with E-state index in [0.29, 0.717) is 17.5 Å². The maximum Gasteiger partial charge on any atom is 0.272 e. The van der Waals surface area contributed by atoms with E-state index in [1.54, 1.807) is 31.2 Å². The van der Waals surface area contributed by atoms with Gasteiger partial charge in [-0.3, -0.25) is 9.59 Å². The van der Waals surface area contributed by atoms with Gasteiger partial charge in [0.1, 0.15) is 5.82 Å². The fraction of sp³-hybridized carbons (Fsp3) is 0.167. The fourth-order valence-electron chi connectivity index (χ4n) is 2.59. The number of nitrogens with zero attached hydrogens (tertiary/aromatic N) is 1. The van der Waals surface area contributed by atoms with Gasteiger partial charge in [-0.15, -0.1) is 0 Å². The molecule has 0 aliphatic carbocycles. The number of aromatic amines is 1. The third-order valence-corrected chi connectivity index (χ3v) is 3.80. The van der Waals surface area contributed by atoms with Crippen molar-refractivity contribution < 1.29 is 9.18 Å². The molecular weight excluding hydrogens is 295 g/mol. The van der Waals surface area contributed by atoms with Crippen LogP contribution in [0.5, 0.6) is 0 Å². The predicted octanol–water partition coefficient (Wildman–Crippen LogP) is 3.25. The number of benzene rings is 2. The molecule has 0 fully saturated rings. The quantitative estimate of drug-likeness (QED) is 0.752. The van der Waals surface area contributed by atoms with Gasteiger partial charge in [0.05, 0.1) is 16.6 Å². The molecule has 3 rings (SSSR count). The number of carbonyl (C=O) groups excluding carboxylic acids is 1. The molecule has 0 unspecified atom stereocenters. The number of Topliss-reactive ketones (excluding diaryl/α,β-unsaturated/α-hetero) is 1. The predicted molar refractivity (Wildman–Crippen MR) is 86.2 cm³/mol. The Morgan fingerprint density at radius 3 is 2.65 bits per heavy atom. The largest absolute Gasteiger partial charge is 0.294 e. The van der Waals surface area contributed by atoms with E-state index in [9.17, 15) is 14.0 Å². The number of carbonyl (C=O) groups is 1. The molecule has 0 spiro atoms. The lowest BCUT2D eigenvalue weighted by molar-refractivity contribution is 0.0984. The highest BCUT2D eigenvalue weighted by molar-refractivity contribution is 5.96. The van der Waals surface area contributed by atoms with Gasteiger partial charge in [0.25, 0.3) is 5.56 Å². The topological polar surface area (TPSA) is 62.8 Å². The maximum absolute atomic E-state index is 13.8. The third kappa shape index (κ3) is 2.90. The second kappa shape index (κ2) is 6.12. The highest BCUT2D eigenvalue weighted by atomic mass is 19.1. The summed E-state index contributed by atoms with van der Waals surface area (Å²) in [5.74, 6) is -0.747. The smallest absolute Gasteiger partial charge is 0.272 e. The number of aromatic nitrogens is 2. The number of ketones is 1. The van der Waals surface area contributed by atoms with Crippen LogP contribution in [-0.4, -0.2) is 16.0 Å². The summed E-state index contributed by atoms with van der Waals surface area (Å²) < 4.78 is 13.8. The molecule has 2 aromatic carbocycles. The zero-order chi connectivity index (χ0) is 16.4. The molecule has 0 saturated carbocycles. The van der Waals surface area contributed by atoms with E-state index in [1.165, 1.54) is 6.07 Å². The lowest BCUT2D eigenvalue weighted by atomic mass is 10.0. The minimum Gasteiger partial charge on any atom is -0.294 e. The minimum atomic E-state index is -0.514. The normalized spacial score (nSPS) is 10.9. The average molecular weight is 310 g/mol. The van der Waals surface area contributed by atoms with Gasteiger partial charge < -0.3 is 0 Å². The van der Waals surface area contributed by atoms with Crippen LogP contribution < -0.4 is 5.56 Å². The van der Waals surface area contributed by atoms with Gasteiger partial charge in [-0.05, 0) is 23.8 Å². The van der Waals surface area contributed by atoms with Crippen molar-refractivity contribution in [2.45, 2.75) is 19.8 Å². The van der Waals surface area contributed by atoms with Crippen molar-refractivity contribution in [3.63, 3.8) is 0 Å². The van der Waals surface area contributed by atoms with Crippen molar-refractivity contribution in [2.24, 2.45) is 0 Å². The van der Waals surface area contributed by atoms with Crippen LogP contribution in [0.4, 0.5) is 4.39 Å². The van der Waals surface area contributed by atoms with Gasteiger partial charge in [-0.1, -0.05) is 31.2 Å². The number of H-pyrrole nitrogens is 1. The van der Waals surface area contributed by atoms with Gasteiger partial charge in [-0.2, -0.15) is 5.10 Å². The van der Waals surface area contributed by atoms with Crippen LogP contribution in [0.25, 0.3) is 10.8 Å². The van der Waals surface area contributed by atoms with Gasteiger partial charge in [0.2, 0.25) is 0 Å². The number of hydrogen-bond acceptors (Lipinski definition) is 3. The summed E-state index contributed by atoms with van der Waals surface area (Å²) >= 11 is 0. The number of hydrogen-bond donors (Lipinski definition) is 1. The fourth-order valence-corrected chi connectivity index (χ4v) is 2.59. The summed E-state index contributed by atoms with van der Waals surface area (Å²) in [7, 11) is 0. The zero-order valence-electron chi connectivity index (χ0n) is 12.6. The Hall–Kier alpha value is -2.82. The molecule has 0 saturated heterocycles. The number of nitrogens with one attached hydrogen (secondary N) is 1. The first-order valence-electron chi connectivity index (χ1n) is 7.38. The van der Waals surface area contributed by atoms with Crippen LogP contribution in [-0.2, 0) is 6.42 Å². The van der Waals surface area contributed by atoms with E-state index < -0.39 is 5.82 Å². The Morgan fingerprint density at radius 1 is 1.17 bits per heavy atom. The van der Waals surface area contributed by atoms with Gasteiger partial charge >= 0.3 is 0 Å². The molecule has 1 N–H and O–H groups in total. The first-order chi connectivity index (χ1) is 11.1. The van der Waals surface area contributed by atoms with Crippen LogP contribution in [0.1, 0.15) is 35.0 Å². The van der Waals surface area contributed by atoms with E-state index in [0.717, 1.165) is 10.9 Å². The molecular formula is C18H15FN2O2. The monoisotopic (exact) mass is 310 g/mol. The molecule has 1 heterocycles. The van der Waals surface area contributed by atoms with Crippen molar-refractivity contribution in [3.05, 3.63) is 75.5 Å². The van der Waals surface area contributed by atoms with E-state index >= 15 is 0 Å². The van der Waals surface area contributed by atoms with Crippen molar-refractivity contribution >= 4 is 16.6 Å². The standard InChI is InChI=1S/C18H15FN2O2/c1-2-17(22)14-9-11(7-8-15(14)19)10-16-12-5-3-4-6-13(12)18(23)21-20-16/h3-9H,2,10H2,1H3,(H,21,23). The Balaban J connectivity index is 2.05. The Kier molecular flexibility index (Phi) is 4.02. The van der Waals surface area contributed by atoms with Crippen LogP contribution in [0.15, 0.2) is 47.3 Å². The van der Waals surface area contributed by atoms with Gasteiger partial charge in [0, 0.05) is 18.2 Å². The van der Waals surface area contributed by atoms with Crippen molar-refractivity contribution in [1.82, 2.24) is 10.2 Å². The number of fused-ring (bicyclic) bond motifs is 1. The van der Waals surface area contributed by atoms with Gasteiger partial charge in [0.15, 0.2) is 5.78 Å². The number of rotatable bonds is 4. The molecule has 1 aromatic heterocycles. The van der Waals surface area contributed by atoms with Crippen molar-refractivity contribution in [2.75, 3.05) is 0 Å². The molecule has 4 nitrogen and oxygen atoms in total. The molecule has 0 aliphatic rings. The summed E-state index contributed by atoms with van der Waals surface area (Å²) in [6.45, 7) is 1.70. The summed E-state index contributed by atoms with van der Waals surface area (Å²) in [5, 5.41) is 7.89. The Morgan fingerprint density at radius 2 is 1.91 bits per heavy atom. The highest BCUT2D eigenvalue weighted by Crippen LogP contribution is 2.19. The van der Waals surface area contributed by atoms with E-state index in [4.69, 9.17) is 0 Å². The lowest BCUT2D eigenvalue weighted by Crippen LogP contribution is -2.11. The first kappa shape index (κ1) is 15.1. The second-order valence-electron chi connectivity index (χ2n) is 5.31. The molecule has 0 aliphatic heterocycles. The summed E-state index contributed by atoms with van der Waals surface area (Å²) in [4.78, 5) is 23.6. The first-order valence-corrected chi connectivity index (χ1v) is 7.38. The molecule has 116 valence electrons. The molecule has 0 amide bonds. The summed E-state index contributed by atoms with van der Waals surface area (Å²) in [6, 6.07) is 11.7. The molecule has 0 bridgehead atoms. The van der Waals surface area contributed by atoms with Crippen LogP contribution in [0.3, 0.4) is 0 Å². The van der Waals surface area contributed by atoms with Crippen molar-refractivity contribution in [1.29, 1.82) is 0 Å². The summed E-state index contributed by atoms with van der Waals surface area (Å²) in [5.41, 5.74) is 1.30. The van der Waals surface area contributed by atoms with Crippen molar-refractivity contribution in [3.8, 4) is 0 Å². The zero-order valence-corrected chi connectivity index (χ0v) is 12.6. The average Bonchev–Trinajstić information content (AvgIpc) is 2.58. The molecule has 0 atom stereocenters. The number of halogens is 1. The van der Waals surface area contributed by atoms with Crippen LogP contribution in [0.2, 0.25) is 0 Å². The van der Waals surface area contributed by atoms with Gasteiger partial charge in [-0.25, -0.2) is 9.49 Å². The molecule has 23 heavy (non-hydrogen) atoms. The third-order valence-electron chi connectivity index (χ3n) is 3.80. The Bertz CT molecular complexity index is 947. The SMILES string of the molecule is CCC(=O)c1cc(Cc2n[nH]c(=O)c3ccccc23)ccc1F. The second-order valence-corrected chi connectivity index (χ2v) is 5.31. The minimum absolute atomic E-state index is 0.0960. The molecule has 5 heteroatoms. The molecule has 0 radical (unpaired) electrons. The van der Waals surface area contributed by atoms with E-state index in [2.05, 4.69) is 10.2 Å². The molecule has 3 aromatic rings. The Labute approximate surface area is 132 Å². The highest BCUT2D eigenvalue weighted by Gasteiger charge is 2.12. The maximum atomic E-state index is 13.8. The van der Waals surface area contributed by atoms with Crippen LogP contribution >= 0.6 is 0 Å². The van der Waals surface area contributed by atoms with E-state index in [1.807, 2.05) is 12.1 Å².